The van der Waals surface area contributed by atoms with Gasteiger partial charge in [-0.1, -0.05) is 6.92 Å². The van der Waals surface area contributed by atoms with Gasteiger partial charge in [0.1, 0.15) is 0 Å². The van der Waals surface area contributed by atoms with Crippen molar-refractivity contribution in [1.82, 2.24) is 0 Å². The SMILES string of the molecule is CC(O)CC(CC(CC1C[N+](C)(C)CC1C)C(=O)[O-])C(=O)[O-]. The van der Waals surface area contributed by atoms with Crippen LogP contribution in [0.5, 0.6) is 0 Å². The number of aliphatic hydroxyl groups excluding tert-OH is 1. The molecule has 1 saturated heterocycles. The first-order chi connectivity index (χ1) is 10.0. The molecule has 1 rings (SSSR count). The van der Waals surface area contributed by atoms with E-state index in [1.165, 1.54) is 6.92 Å². The number of carboxylic acid groups (broad SMARTS) is 2. The number of hydrogen-bond donors (Lipinski definition) is 1. The average Bonchev–Trinajstić information content (AvgIpc) is 2.59. The Hall–Kier alpha value is -1.14. The molecule has 1 aliphatic rings. The first-order valence-corrected chi connectivity index (χ1v) is 7.93. The molecule has 1 N–H and O–H groups in total. The van der Waals surface area contributed by atoms with Gasteiger partial charge >= 0.3 is 0 Å². The summed E-state index contributed by atoms with van der Waals surface area (Å²) in [5.74, 6) is -3.64. The third-order valence-corrected chi connectivity index (χ3v) is 4.76. The van der Waals surface area contributed by atoms with Crippen LogP contribution in [0.15, 0.2) is 0 Å². The number of aliphatic hydroxyl groups is 1. The first-order valence-electron chi connectivity index (χ1n) is 7.93. The van der Waals surface area contributed by atoms with E-state index in [4.69, 9.17) is 0 Å². The number of carbonyl (C=O) groups is 2. The topological polar surface area (TPSA) is 100 Å². The van der Waals surface area contributed by atoms with Crippen molar-refractivity contribution >= 4 is 11.9 Å². The number of rotatable bonds is 8. The molecule has 1 aliphatic heterocycles. The quantitative estimate of drug-likeness (QED) is 0.556. The molecule has 1 fully saturated rings. The second-order valence-electron chi connectivity index (χ2n) is 7.63. The Labute approximate surface area is 132 Å². The first kappa shape index (κ1) is 18.9. The van der Waals surface area contributed by atoms with Crippen LogP contribution in [0.25, 0.3) is 0 Å². The Balaban J connectivity index is 2.73. The van der Waals surface area contributed by atoms with Crippen LogP contribution in [0.4, 0.5) is 0 Å². The van der Waals surface area contributed by atoms with E-state index >= 15 is 0 Å². The van der Waals surface area contributed by atoms with Crippen LogP contribution in [-0.4, -0.2) is 54.8 Å². The molecule has 0 aromatic carbocycles. The maximum absolute atomic E-state index is 11.4. The number of nitrogens with zero attached hydrogens (tertiary/aromatic N) is 1. The molecule has 1 heterocycles. The lowest BCUT2D eigenvalue weighted by Crippen LogP contribution is -2.40. The minimum absolute atomic E-state index is 0.00783. The molecule has 128 valence electrons. The molecule has 22 heavy (non-hydrogen) atoms. The van der Waals surface area contributed by atoms with Gasteiger partial charge in [-0.15, -0.1) is 0 Å². The summed E-state index contributed by atoms with van der Waals surface area (Å²) in [6.45, 7) is 5.47. The van der Waals surface area contributed by atoms with E-state index in [0.29, 0.717) is 12.3 Å². The lowest BCUT2D eigenvalue weighted by atomic mass is 9.82. The Morgan fingerprint density at radius 1 is 1.14 bits per heavy atom. The predicted molar refractivity (Wildman–Crippen MR) is 77.0 cm³/mol. The van der Waals surface area contributed by atoms with E-state index in [0.717, 1.165) is 17.6 Å². The molecule has 5 unspecified atom stereocenters. The van der Waals surface area contributed by atoms with Crippen molar-refractivity contribution in [2.45, 2.75) is 39.2 Å². The largest absolute Gasteiger partial charge is 0.550 e. The molecule has 0 aromatic rings. The molecule has 6 heteroatoms. The van der Waals surface area contributed by atoms with Gasteiger partial charge in [-0.2, -0.15) is 0 Å². The summed E-state index contributed by atoms with van der Waals surface area (Å²) >= 11 is 0. The Bertz CT molecular complexity index is 407. The van der Waals surface area contributed by atoms with Gasteiger partial charge in [0.05, 0.1) is 33.3 Å². The molecule has 0 spiro atoms. The highest BCUT2D eigenvalue weighted by atomic mass is 16.4. The summed E-state index contributed by atoms with van der Waals surface area (Å²) in [4.78, 5) is 22.6. The zero-order valence-corrected chi connectivity index (χ0v) is 13.9. The van der Waals surface area contributed by atoms with E-state index in [1.54, 1.807) is 0 Å². The van der Waals surface area contributed by atoms with Crippen LogP contribution in [0, 0.1) is 23.7 Å². The fraction of sp³-hybridized carbons (Fsp3) is 0.875. The minimum Gasteiger partial charge on any atom is -0.550 e. The van der Waals surface area contributed by atoms with Crippen molar-refractivity contribution in [3.05, 3.63) is 0 Å². The molecule has 0 amide bonds. The maximum Gasteiger partial charge on any atom is 0.0816 e. The Kier molecular flexibility index (Phi) is 6.38. The van der Waals surface area contributed by atoms with Crippen LogP contribution in [0.2, 0.25) is 0 Å². The van der Waals surface area contributed by atoms with Gasteiger partial charge in [0.25, 0.3) is 0 Å². The zero-order valence-electron chi connectivity index (χ0n) is 13.9. The standard InChI is InChI=1S/C16H29NO5/c1-10-8-17(3,4)9-14(10)7-13(16(21)22)6-12(15(19)20)5-11(2)18/h10-14,18H,5-9H2,1-4H3,(H-,19,20,21,22)/p-1. The molecular formula is C16H28NO5-. The second kappa shape index (κ2) is 7.42. The van der Waals surface area contributed by atoms with Crippen LogP contribution in [0.3, 0.4) is 0 Å². The van der Waals surface area contributed by atoms with Crippen LogP contribution in [-0.2, 0) is 9.59 Å². The number of hydrogen-bond acceptors (Lipinski definition) is 5. The smallest absolute Gasteiger partial charge is 0.0816 e. The Morgan fingerprint density at radius 2 is 1.68 bits per heavy atom. The fourth-order valence-electron chi connectivity index (χ4n) is 3.82. The van der Waals surface area contributed by atoms with Crippen molar-refractivity contribution in [3.8, 4) is 0 Å². The van der Waals surface area contributed by atoms with E-state index in [9.17, 15) is 24.9 Å². The maximum atomic E-state index is 11.4. The number of carboxylic acids is 2. The highest BCUT2D eigenvalue weighted by Crippen LogP contribution is 2.33. The van der Waals surface area contributed by atoms with Gasteiger partial charge in [-0.25, -0.2) is 0 Å². The number of likely N-dealkylation sites (tertiary alicyclic amines) is 1. The lowest BCUT2D eigenvalue weighted by molar-refractivity contribution is -0.880. The van der Waals surface area contributed by atoms with Gasteiger partial charge < -0.3 is 29.4 Å². The van der Waals surface area contributed by atoms with Gasteiger partial charge in [0.2, 0.25) is 0 Å². The number of aliphatic carboxylic acids is 2. The molecule has 0 aliphatic carbocycles. The number of quaternary nitrogens is 1. The van der Waals surface area contributed by atoms with Gasteiger partial charge in [0.15, 0.2) is 0 Å². The average molecular weight is 314 g/mol. The van der Waals surface area contributed by atoms with Crippen molar-refractivity contribution in [3.63, 3.8) is 0 Å². The summed E-state index contributed by atoms with van der Waals surface area (Å²) in [6, 6.07) is 0. The molecule has 0 bridgehead atoms. The summed E-state index contributed by atoms with van der Waals surface area (Å²) in [7, 11) is 4.23. The third-order valence-electron chi connectivity index (χ3n) is 4.76. The predicted octanol–water partition coefficient (Wildman–Crippen LogP) is -1.39. The molecular weight excluding hydrogens is 286 g/mol. The summed E-state index contributed by atoms with van der Waals surface area (Å²) < 4.78 is 0.850. The number of carbonyl (C=O) groups excluding carboxylic acids is 2. The van der Waals surface area contributed by atoms with E-state index < -0.39 is 29.9 Å². The van der Waals surface area contributed by atoms with Gasteiger partial charge in [-0.05, 0) is 32.1 Å². The molecule has 0 radical (unpaired) electrons. The van der Waals surface area contributed by atoms with Crippen molar-refractivity contribution < 1.29 is 29.4 Å². The second-order valence-corrected chi connectivity index (χ2v) is 7.63. The lowest BCUT2D eigenvalue weighted by Gasteiger charge is -2.28. The van der Waals surface area contributed by atoms with Gasteiger partial charge in [0, 0.05) is 29.7 Å². The third kappa shape index (κ3) is 5.57. The summed E-state index contributed by atoms with van der Waals surface area (Å²) in [5.41, 5.74) is 0. The van der Waals surface area contributed by atoms with Crippen LogP contribution < -0.4 is 10.2 Å². The zero-order chi connectivity index (χ0) is 17.1. The molecule has 6 nitrogen and oxygen atoms in total. The molecule has 0 aromatic heterocycles. The summed E-state index contributed by atoms with van der Waals surface area (Å²) in [5, 5.41) is 31.9. The van der Waals surface area contributed by atoms with Crippen LogP contribution in [0.1, 0.15) is 33.1 Å². The molecule has 0 saturated carbocycles. The minimum atomic E-state index is -1.30. The van der Waals surface area contributed by atoms with Crippen molar-refractivity contribution in [2.24, 2.45) is 23.7 Å². The van der Waals surface area contributed by atoms with Crippen molar-refractivity contribution in [1.29, 1.82) is 0 Å². The van der Waals surface area contributed by atoms with Crippen molar-refractivity contribution in [2.75, 3.05) is 27.2 Å². The normalized spacial score (nSPS) is 28.0. The molecule has 5 atom stereocenters. The van der Waals surface area contributed by atoms with E-state index in [1.807, 2.05) is 0 Å². The highest BCUT2D eigenvalue weighted by molar-refractivity contribution is 5.71. The van der Waals surface area contributed by atoms with E-state index in [2.05, 4.69) is 21.0 Å². The van der Waals surface area contributed by atoms with Gasteiger partial charge in [-0.3, -0.25) is 0 Å². The van der Waals surface area contributed by atoms with E-state index in [-0.39, 0.29) is 18.8 Å². The monoisotopic (exact) mass is 314 g/mol. The highest BCUT2D eigenvalue weighted by Gasteiger charge is 2.38. The summed E-state index contributed by atoms with van der Waals surface area (Å²) in [6.07, 6.45) is -0.402. The fourth-order valence-corrected chi connectivity index (χ4v) is 3.82. The van der Waals surface area contributed by atoms with Crippen LogP contribution >= 0.6 is 0 Å². The Morgan fingerprint density at radius 3 is 2.05 bits per heavy atom.